The summed E-state index contributed by atoms with van der Waals surface area (Å²) in [7, 11) is 0. The molecule has 0 N–H and O–H groups in total. The van der Waals surface area contributed by atoms with Gasteiger partial charge in [0.2, 0.25) is 0 Å². The van der Waals surface area contributed by atoms with Crippen molar-refractivity contribution in [1.82, 2.24) is 0 Å². The molecule has 0 saturated carbocycles. The summed E-state index contributed by atoms with van der Waals surface area (Å²) in [5, 5.41) is 0. The molecular formula is C67H57N. The zero-order valence-corrected chi connectivity index (χ0v) is 39.8. The molecule has 330 valence electrons. The second-order valence-corrected chi connectivity index (χ2v) is 19.3. The van der Waals surface area contributed by atoms with Crippen LogP contribution in [0.5, 0.6) is 0 Å². The molecule has 0 aromatic heterocycles. The van der Waals surface area contributed by atoms with Crippen molar-refractivity contribution < 1.29 is 0 Å². The smallest absolute Gasteiger partial charge is 0.0714 e. The number of fused-ring (bicyclic) bond motifs is 5. The molecule has 1 nitrogen and oxygen atoms in total. The molecule has 9 aromatic carbocycles. The predicted molar refractivity (Wildman–Crippen MR) is 288 cm³/mol. The Hall–Kier alpha value is -7.74. The first kappa shape index (κ1) is 42.9. The average molecular weight is 876 g/mol. The fourth-order valence-electron chi connectivity index (χ4n) is 11.5. The third-order valence-corrected chi connectivity index (χ3v) is 14.9. The van der Waals surface area contributed by atoms with Crippen LogP contribution in [0.15, 0.2) is 236 Å². The van der Waals surface area contributed by atoms with E-state index < -0.39 is 5.41 Å². The summed E-state index contributed by atoms with van der Waals surface area (Å²) in [6, 6.07) is 80.5. The second kappa shape index (κ2) is 17.5. The summed E-state index contributed by atoms with van der Waals surface area (Å²) in [6.07, 6.45) is 6.94. The van der Waals surface area contributed by atoms with Gasteiger partial charge in [0.1, 0.15) is 0 Å². The maximum Gasteiger partial charge on any atom is 0.0714 e. The second-order valence-electron chi connectivity index (χ2n) is 19.3. The highest BCUT2D eigenvalue weighted by Gasteiger charge is 2.46. The van der Waals surface area contributed by atoms with Gasteiger partial charge in [-0.05, 0) is 153 Å². The molecule has 12 rings (SSSR count). The molecule has 0 radical (unpaired) electrons. The van der Waals surface area contributed by atoms with Gasteiger partial charge >= 0.3 is 0 Å². The van der Waals surface area contributed by atoms with Crippen molar-refractivity contribution in [3.63, 3.8) is 0 Å². The summed E-state index contributed by atoms with van der Waals surface area (Å²) in [5.74, 6) is 0. The van der Waals surface area contributed by atoms with Crippen molar-refractivity contribution in [1.29, 1.82) is 0 Å². The molecule has 3 aliphatic rings. The van der Waals surface area contributed by atoms with Crippen LogP contribution in [0.4, 0.5) is 17.1 Å². The van der Waals surface area contributed by atoms with Gasteiger partial charge in [0, 0.05) is 22.5 Å². The van der Waals surface area contributed by atoms with Crippen LogP contribution in [0.1, 0.15) is 76.8 Å². The Morgan fingerprint density at radius 2 is 0.912 bits per heavy atom. The summed E-state index contributed by atoms with van der Waals surface area (Å²) in [4.78, 5) is 2.48. The van der Waals surface area contributed by atoms with E-state index in [1.54, 1.807) is 5.57 Å². The van der Waals surface area contributed by atoms with Crippen molar-refractivity contribution in [2.45, 2.75) is 58.3 Å². The highest BCUT2D eigenvalue weighted by Crippen LogP contribution is 2.58. The van der Waals surface area contributed by atoms with Gasteiger partial charge in [0.05, 0.1) is 5.41 Å². The van der Waals surface area contributed by atoms with Crippen LogP contribution in [0.25, 0.3) is 39.0 Å². The zero-order valence-electron chi connectivity index (χ0n) is 39.8. The quantitative estimate of drug-likeness (QED) is 0.154. The van der Waals surface area contributed by atoms with Crippen LogP contribution in [0, 0.1) is 20.8 Å². The zero-order chi connectivity index (χ0) is 46.4. The minimum atomic E-state index is -0.477. The van der Waals surface area contributed by atoms with Crippen molar-refractivity contribution >= 4 is 22.6 Å². The highest BCUT2D eigenvalue weighted by molar-refractivity contribution is 5.92. The van der Waals surface area contributed by atoms with E-state index in [0.29, 0.717) is 0 Å². The number of benzene rings is 9. The van der Waals surface area contributed by atoms with E-state index in [4.69, 9.17) is 0 Å². The number of hydrogen-bond donors (Lipinski definition) is 0. The lowest BCUT2D eigenvalue weighted by atomic mass is 9.67. The van der Waals surface area contributed by atoms with E-state index in [1.165, 1.54) is 94.7 Å². The molecule has 0 fully saturated rings. The Kier molecular flexibility index (Phi) is 11.0. The lowest BCUT2D eigenvalue weighted by Crippen LogP contribution is -2.28. The maximum absolute atomic E-state index is 2.49. The predicted octanol–water partition coefficient (Wildman–Crippen LogP) is 17.9. The molecule has 68 heavy (non-hydrogen) atoms. The summed E-state index contributed by atoms with van der Waals surface area (Å²) in [5.41, 5.74) is 25.6. The SMILES string of the molecule is Cc1ccc2c(c1)-c1ccc(N(c3ccc(-c4ccccc4)cc3)c3ccc4c(c3)C(C)(C)C3=C4C=CCC3)cc1C2(c1ccccc1)c1ccccc1.Cc1ccccc1-c1ccccc1C. The van der Waals surface area contributed by atoms with Gasteiger partial charge in [-0.2, -0.15) is 0 Å². The first-order chi connectivity index (χ1) is 33.2. The van der Waals surface area contributed by atoms with Crippen LogP contribution in [-0.4, -0.2) is 0 Å². The summed E-state index contributed by atoms with van der Waals surface area (Å²) in [6.45, 7) is 11.3. The largest absolute Gasteiger partial charge is 0.310 e. The molecule has 9 aromatic rings. The van der Waals surface area contributed by atoms with E-state index in [0.717, 1.165) is 24.2 Å². The Balaban J connectivity index is 0.000000311. The minimum absolute atomic E-state index is 0.0263. The number of rotatable bonds is 7. The molecule has 0 spiro atoms. The van der Waals surface area contributed by atoms with Crippen molar-refractivity contribution in [3.8, 4) is 33.4 Å². The molecule has 0 bridgehead atoms. The standard InChI is InChI=1S/C53H43N.C14H14/c1-36-23-32-49-47(33-36)46-31-29-43(35-51(46)53(49,39-17-9-5-10-18-39)40-19-11-6-12-20-40)54(41-26-24-38(25-27-41)37-15-7-4-8-16-37)42-28-30-45-44-21-13-14-22-48(44)52(2,3)50(45)34-42;1-11-7-3-5-9-13(11)14-10-6-4-8-12(14)2/h4-13,15-21,23-35H,14,22H2,1-3H3;3-10H,1-2H3. The number of nitrogens with zero attached hydrogens (tertiary/aromatic N) is 1. The number of allylic oxidation sites excluding steroid dienone is 4. The molecule has 0 heterocycles. The maximum atomic E-state index is 2.49. The fraction of sp³-hybridized carbons (Fsp3) is 0.134. The molecule has 0 unspecified atom stereocenters. The van der Waals surface area contributed by atoms with Crippen LogP contribution < -0.4 is 4.90 Å². The molecule has 0 aliphatic heterocycles. The van der Waals surface area contributed by atoms with Crippen LogP contribution >= 0.6 is 0 Å². The third-order valence-electron chi connectivity index (χ3n) is 14.9. The van der Waals surface area contributed by atoms with Gasteiger partial charge in [-0.3, -0.25) is 0 Å². The Morgan fingerprint density at radius 1 is 0.397 bits per heavy atom. The van der Waals surface area contributed by atoms with Crippen LogP contribution in [-0.2, 0) is 10.8 Å². The normalized spacial score (nSPS) is 14.5. The average Bonchev–Trinajstić information content (AvgIpc) is 3.80. The minimum Gasteiger partial charge on any atom is -0.310 e. The van der Waals surface area contributed by atoms with E-state index in [-0.39, 0.29) is 5.41 Å². The Morgan fingerprint density at radius 3 is 1.51 bits per heavy atom. The first-order valence-corrected chi connectivity index (χ1v) is 24.2. The van der Waals surface area contributed by atoms with Gasteiger partial charge in [-0.1, -0.05) is 219 Å². The highest BCUT2D eigenvalue weighted by atomic mass is 15.1. The van der Waals surface area contributed by atoms with E-state index in [2.05, 4.69) is 270 Å². The Bertz CT molecular complexity index is 3290. The number of hydrogen-bond acceptors (Lipinski definition) is 1. The van der Waals surface area contributed by atoms with Crippen LogP contribution in [0.2, 0.25) is 0 Å². The van der Waals surface area contributed by atoms with Crippen molar-refractivity contribution in [2.75, 3.05) is 4.90 Å². The molecule has 3 aliphatic carbocycles. The monoisotopic (exact) mass is 875 g/mol. The molecule has 0 saturated heterocycles. The third kappa shape index (κ3) is 7.26. The van der Waals surface area contributed by atoms with Gasteiger partial charge in [0.25, 0.3) is 0 Å². The van der Waals surface area contributed by atoms with Crippen LogP contribution in [0.3, 0.4) is 0 Å². The lowest BCUT2D eigenvalue weighted by Gasteiger charge is -2.35. The van der Waals surface area contributed by atoms with E-state index in [9.17, 15) is 0 Å². The lowest BCUT2D eigenvalue weighted by molar-refractivity contribution is 0.607. The van der Waals surface area contributed by atoms with Gasteiger partial charge in [-0.15, -0.1) is 0 Å². The molecule has 1 heteroatoms. The topological polar surface area (TPSA) is 3.24 Å². The van der Waals surface area contributed by atoms with E-state index in [1.807, 2.05) is 0 Å². The van der Waals surface area contributed by atoms with Gasteiger partial charge in [-0.25, -0.2) is 0 Å². The van der Waals surface area contributed by atoms with E-state index >= 15 is 0 Å². The Labute approximate surface area is 403 Å². The fourth-order valence-corrected chi connectivity index (χ4v) is 11.5. The molecule has 0 atom stereocenters. The number of anilines is 3. The first-order valence-electron chi connectivity index (χ1n) is 24.2. The van der Waals surface area contributed by atoms with Crippen molar-refractivity contribution in [3.05, 3.63) is 286 Å². The summed E-state index contributed by atoms with van der Waals surface area (Å²) < 4.78 is 0. The molecular weight excluding hydrogens is 819 g/mol. The molecule has 0 amide bonds. The number of aryl methyl sites for hydroxylation is 3. The van der Waals surface area contributed by atoms with Gasteiger partial charge in [0.15, 0.2) is 0 Å². The van der Waals surface area contributed by atoms with Crippen molar-refractivity contribution in [2.24, 2.45) is 0 Å². The summed E-state index contributed by atoms with van der Waals surface area (Å²) >= 11 is 0. The van der Waals surface area contributed by atoms with Gasteiger partial charge < -0.3 is 4.90 Å².